The number of ether oxygens (including phenoxy) is 1. The van der Waals surface area contributed by atoms with E-state index >= 15 is 0 Å². The van der Waals surface area contributed by atoms with Crippen LogP contribution in [0.5, 0.6) is 5.75 Å². The maximum absolute atomic E-state index is 12.7. The number of benzene rings is 2. The molecule has 25 heavy (non-hydrogen) atoms. The summed E-state index contributed by atoms with van der Waals surface area (Å²) in [5.41, 5.74) is 1.46. The minimum atomic E-state index is -1.24. The van der Waals surface area contributed by atoms with E-state index in [2.05, 4.69) is 0 Å². The van der Waals surface area contributed by atoms with Gasteiger partial charge >= 0.3 is 0 Å². The van der Waals surface area contributed by atoms with Crippen LogP contribution in [0.2, 0.25) is 0 Å². The van der Waals surface area contributed by atoms with E-state index in [0.717, 1.165) is 0 Å². The van der Waals surface area contributed by atoms with E-state index in [-0.39, 0.29) is 11.5 Å². The normalized spacial score (nSPS) is 15.7. The highest BCUT2D eigenvalue weighted by atomic mass is 32.2. The molecule has 0 unspecified atom stereocenters. The van der Waals surface area contributed by atoms with Crippen molar-refractivity contribution in [3.63, 3.8) is 0 Å². The highest BCUT2D eigenvalue weighted by Crippen LogP contribution is 2.36. The molecule has 2 aromatic rings. The first-order valence-electron chi connectivity index (χ1n) is 7.23. The van der Waals surface area contributed by atoms with Crippen LogP contribution < -0.4 is 14.7 Å². The molecule has 5 nitrogen and oxygen atoms in total. The third-order valence-electron chi connectivity index (χ3n) is 3.57. The fraction of sp³-hybridized carbons (Fsp3) is 0.0556. The number of amides is 1. The molecule has 1 saturated heterocycles. The Morgan fingerprint density at radius 1 is 1.16 bits per heavy atom. The van der Waals surface area contributed by atoms with E-state index in [1.54, 1.807) is 49.6 Å². The van der Waals surface area contributed by atoms with Crippen molar-refractivity contribution >= 4 is 51.9 Å². The van der Waals surface area contributed by atoms with Gasteiger partial charge in [0.2, 0.25) is 0 Å². The second-order valence-electron chi connectivity index (χ2n) is 5.12. The van der Waals surface area contributed by atoms with Gasteiger partial charge in [0.15, 0.2) is 4.32 Å². The molecule has 0 spiro atoms. The number of thioether (sulfide) groups is 1. The molecule has 1 aliphatic rings. The minimum Gasteiger partial charge on any atom is -0.545 e. The number of thiocarbonyl (C=S) groups is 1. The Morgan fingerprint density at radius 2 is 1.80 bits per heavy atom. The van der Waals surface area contributed by atoms with Gasteiger partial charge in [-0.15, -0.1) is 0 Å². The summed E-state index contributed by atoms with van der Waals surface area (Å²) in [6, 6.07) is 13.2. The van der Waals surface area contributed by atoms with Gasteiger partial charge in [-0.3, -0.25) is 9.69 Å². The van der Waals surface area contributed by atoms with E-state index in [9.17, 15) is 14.7 Å². The molecular weight excluding hydrogens is 358 g/mol. The standard InChI is InChI=1S/C18H13NO4S2/c1-23-14-8-6-13(7-9-14)19-16(20)15(25-18(19)24)10-11-2-4-12(5-3-11)17(21)22/h2-10H,1H3,(H,21,22)/p-1/b15-10-. The molecular formula is C18H12NO4S2-. The first-order valence-corrected chi connectivity index (χ1v) is 8.45. The van der Waals surface area contributed by atoms with Crippen molar-refractivity contribution in [3.8, 4) is 5.75 Å². The molecule has 0 aliphatic carbocycles. The second kappa shape index (κ2) is 7.08. The zero-order valence-corrected chi connectivity index (χ0v) is 14.7. The number of anilines is 1. The Balaban J connectivity index is 1.85. The Bertz CT molecular complexity index is 873. The van der Waals surface area contributed by atoms with Crippen molar-refractivity contribution < 1.29 is 19.4 Å². The van der Waals surface area contributed by atoms with Crippen molar-refractivity contribution in [2.24, 2.45) is 0 Å². The monoisotopic (exact) mass is 370 g/mol. The van der Waals surface area contributed by atoms with Crippen LogP contribution in [0.4, 0.5) is 5.69 Å². The molecule has 0 atom stereocenters. The average Bonchev–Trinajstić information content (AvgIpc) is 2.89. The van der Waals surface area contributed by atoms with Crippen molar-refractivity contribution in [3.05, 3.63) is 64.6 Å². The van der Waals surface area contributed by atoms with E-state index in [1.165, 1.54) is 28.8 Å². The number of carbonyl (C=O) groups excluding carboxylic acids is 2. The van der Waals surface area contributed by atoms with Crippen LogP contribution in [0.3, 0.4) is 0 Å². The number of carboxylic acid groups (broad SMARTS) is 1. The zero-order valence-electron chi connectivity index (χ0n) is 13.1. The van der Waals surface area contributed by atoms with Gasteiger partial charge in [-0.25, -0.2) is 0 Å². The predicted molar refractivity (Wildman–Crippen MR) is 99.4 cm³/mol. The van der Waals surface area contributed by atoms with Gasteiger partial charge in [-0.05, 0) is 41.5 Å². The summed E-state index contributed by atoms with van der Waals surface area (Å²) < 4.78 is 5.55. The SMILES string of the molecule is COc1ccc(N2C(=O)/C(=C/c3ccc(C(=O)[O-])cc3)SC2=S)cc1. The van der Waals surface area contributed by atoms with Gasteiger partial charge in [0.25, 0.3) is 5.91 Å². The molecule has 2 aromatic carbocycles. The molecule has 1 fully saturated rings. The lowest BCUT2D eigenvalue weighted by Crippen LogP contribution is -2.27. The molecule has 0 radical (unpaired) electrons. The smallest absolute Gasteiger partial charge is 0.270 e. The molecule has 7 heteroatoms. The first-order chi connectivity index (χ1) is 12.0. The molecule has 3 rings (SSSR count). The van der Waals surface area contributed by atoms with Gasteiger partial charge < -0.3 is 14.6 Å². The lowest BCUT2D eigenvalue weighted by atomic mass is 10.1. The topological polar surface area (TPSA) is 69.7 Å². The summed E-state index contributed by atoms with van der Waals surface area (Å²) >= 11 is 6.52. The maximum atomic E-state index is 12.7. The molecule has 0 aromatic heterocycles. The summed E-state index contributed by atoms with van der Waals surface area (Å²) in [4.78, 5) is 25.4. The number of nitrogens with zero attached hydrogens (tertiary/aromatic N) is 1. The molecule has 1 heterocycles. The summed E-state index contributed by atoms with van der Waals surface area (Å²) in [7, 11) is 1.57. The van der Waals surface area contributed by atoms with E-state index in [1.807, 2.05) is 0 Å². The Morgan fingerprint density at radius 3 is 2.36 bits per heavy atom. The number of carbonyl (C=O) groups is 2. The van der Waals surface area contributed by atoms with Crippen LogP contribution >= 0.6 is 24.0 Å². The lowest BCUT2D eigenvalue weighted by molar-refractivity contribution is -0.255. The van der Waals surface area contributed by atoms with Gasteiger partial charge in [-0.2, -0.15) is 0 Å². The Hall–Kier alpha value is -2.64. The molecule has 1 amide bonds. The number of methoxy groups -OCH3 is 1. The highest BCUT2D eigenvalue weighted by molar-refractivity contribution is 8.27. The van der Waals surface area contributed by atoms with Crippen LogP contribution in [0, 0.1) is 0 Å². The van der Waals surface area contributed by atoms with E-state index in [4.69, 9.17) is 17.0 Å². The third-order valence-corrected chi connectivity index (χ3v) is 4.87. The van der Waals surface area contributed by atoms with Gasteiger partial charge in [0, 0.05) is 0 Å². The zero-order chi connectivity index (χ0) is 18.0. The predicted octanol–water partition coefficient (Wildman–Crippen LogP) is 2.46. The molecule has 0 saturated carbocycles. The van der Waals surface area contributed by atoms with Crippen LogP contribution in [0.1, 0.15) is 15.9 Å². The minimum absolute atomic E-state index is 0.0860. The van der Waals surface area contributed by atoms with E-state index < -0.39 is 5.97 Å². The van der Waals surface area contributed by atoms with Crippen molar-refractivity contribution in [1.82, 2.24) is 0 Å². The van der Waals surface area contributed by atoms with E-state index in [0.29, 0.717) is 26.2 Å². The van der Waals surface area contributed by atoms with Crippen LogP contribution in [-0.2, 0) is 4.79 Å². The third kappa shape index (κ3) is 3.57. The number of rotatable bonds is 4. The molecule has 126 valence electrons. The fourth-order valence-electron chi connectivity index (χ4n) is 2.29. The quantitative estimate of drug-likeness (QED) is 0.608. The van der Waals surface area contributed by atoms with Crippen LogP contribution in [0.15, 0.2) is 53.4 Å². The molecule has 1 aliphatic heterocycles. The van der Waals surface area contributed by atoms with Crippen LogP contribution in [-0.4, -0.2) is 23.3 Å². The number of carboxylic acids is 1. The van der Waals surface area contributed by atoms with Crippen LogP contribution in [0.25, 0.3) is 6.08 Å². The maximum Gasteiger partial charge on any atom is 0.270 e. The van der Waals surface area contributed by atoms with Gasteiger partial charge in [0.05, 0.1) is 23.7 Å². The van der Waals surface area contributed by atoms with Crippen molar-refractivity contribution in [1.29, 1.82) is 0 Å². The second-order valence-corrected chi connectivity index (χ2v) is 6.80. The average molecular weight is 370 g/mol. The molecule has 0 N–H and O–H groups in total. The first kappa shape index (κ1) is 17.2. The Labute approximate surface area is 153 Å². The highest BCUT2D eigenvalue weighted by Gasteiger charge is 2.33. The summed E-state index contributed by atoms with van der Waals surface area (Å²) in [5.74, 6) is -0.765. The lowest BCUT2D eigenvalue weighted by Gasteiger charge is -2.14. The van der Waals surface area contributed by atoms with Gasteiger partial charge in [0.1, 0.15) is 5.75 Å². The summed E-state index contributed by atoms with van der Waals surface area (Å²) in [6.07, 6.45) is 1.68. The summed E-state index contributed by atoms with van der Waals surface area (Å²) in [5, 5.41) is 10.8. The van der Waals surface area contributed by atoms with Gasteiger partial charge in [-0.1, -0.05) is 48.2 Å². The number of aromatic carboxylic acids is 1. The molecule has 0 bridgehead atoms. The van der Waals surface area contributed by atoms with Crippen molar-refractivity contribution in [2.75, 3.05) is 12.0 Å². The number of hydrogen-bond acceptors (Lipinski definition) is 6. The van der Waals surface area contributed by atoms with Crippen molar-refractivity contribution in [2.45, 2.75) is 0 Å². The summed E-state index contributed by atoms with van der Waals surface area (Å²) in [6.45, 7) is 0. The largest absolute Gasteiger partial charge is 0.545 e. The Kier molecular flexibility index (Phi) is 4.87. The fourth-order valence-corrected chi connectivity index (χ4v) is 3.59. The number of hydrogen-bond donors (Lipinski definition) is 0.